The quantitative estimate of drug-likeness (QED) is 0.770. The zero-order chi connectivity index (χ0) is 11.5. The van der Waals surface area contributed by atoms with Crippen LogP contribution in [0.5, 0.6) is 0 Å². The lowest BCUT2D eigenvalue weighted by Crippen LogP contribution is -2.23. The van der Waals surface area contributed by atoms with E-state index in [4.69, 9.17) is 5.73 Å². The van der Waals surface area contributed by atoms with Crippen LogP contribution in [-0.4, -0.2) is 18.0 Å². The van der Waals surface area contributed by atoms with Gasteiger partial charge in [-0.2, -0.15) is 0 Å². The van der Waals surface area contributed by atoms with Crippen LogP contribution in [0, 0.1) is 5.82 Å². The molecule has 1 saturated heterocycles. The van der Waals surface area contributed by atoms with Gasteiger partial charge in [-0.05, 0) is 31.0 Å². The molecule has 1 heterocycles. The Hall–Kier alpha value is -1.71. The van der Waals surface area contributed by atoms with Crippen LogP contribution in [0.1, 0.15) is 12.8 Å². The van der Waals surface area contributed by atoms with Crippen LogP contribution in [0.4, 0.5) is 15.8 Å². The zero-order valence-corrected chi connectivity index (χ0v) is 9.17. The number of nitrogen functional groups attached to an aromatic ring is 1. The third kappa shape index (κ3) is 2.27. The molecule has 3 N–H and O–H groups in total. The number of hydrogen-bond acceptors (Lipinski definition) is 3. The summed E-state index contributed by atoms with van der Waals surface area (Å²) in [5.41, 5.74) is 6.82. The molecule has 0 bridgehead atoms. The molecule has 1 aliphatic heterocycles. The second-order valence-corrected chi connectivity index (χ2v) is 4.00. The SMILES string of the molecule is C=C(Nc1ccc(F)cc1N)N1CCCC1. The summed E-state index contributed by atoms with van der Waals surface area (Å²) in [6.07, 6.45) is 2.39. The number of nitrogens with two attached hydrogens (primary N) is 1. The van der Waals surface area contributed by atoms with Gasteiger partial charge in [-0.15, -0.1) is 0 Å². The fraction of sp³-hybridized carbons (Fsp3) is 0.333. The van der Waals surface area contributed by atoms with Gasteiger partial charge >= 0.3 is 0 Å². The standard InChI is InChI=1S/C12H16FN3/c1-9(16-6-2-3-7-16)15-12-5-4-10(13)8-11(12)14/h4-5,8,15H,1-3,6-7,14H2. The Morgan fingerprint density at radius 1 is 1.38 bits per heavy atom. The van der Waals surface area contributed by atoms with E-state index in [0.717, 1.165) is 18.9 Å². The van der Waals surface area contributed by atoms with Crippen molar-refractivity contribution in [1.29, 1.82) is 0 Å². The molecule has 0 aliphatic carbocycles. The average molecular weight is 221 g/mol. The van der Waals surface area contributed by atoms with Crippen LogP contribution < -0.4 is 11.1 Å². The van der Waals surface area contributed by atoms with Gasteiger partial charge in [0.2, 0.25) is 0 Å². The molecule has 1 aliphatic rings. The molecule has 1 aromatic rings. The van der Waals surface area contributed by atoms with Crippen LogP contribution in [0.2, 0.25) is 0 Å². The lowest BCUT2D eigenvalue weighted by molar-refractivity contribution is 0.433. The molecule has 16 heavy (non-hydrogen) atoms. The molecule has 2 rings (SSSR count). The van der Waals surface area contributed by atoms with E-state index in [-0.39, 0.29) is 5.82 Å². The van der Waals surface area contributed by atoms with Crippen LogP contribution in [-0.2, 0) is 0 Å². The first-order valence-electron chi connectivity index (χ1n) is 5.43. The van der Waals surface area contributed by atoms with Crippen molar-refractivity contribution < 1.29 is 4.39 Å². The third-order valence-corrected chi connectivity index (χ3v) is 2.78. The van der Waals surface area contributed by atoms with Gasteiger partial charge in [-0.25, -0.2) is 4.39 Å². The first kappa shape index (κ1) is 10.8. The smallest absolute Gasteiger partial charge is 0.125 e. The van der Waals surface area contributed by atoms with Crippen LogP contribution in [0.15, 0.2) is 30.6 Å². The van der Waals surface area contributed by atoms with Crippen molar-refractivity contribution in [2.75, 3.05) is 24.1 Å². The van der Waals surface area contributed by atoms with Gasteiger partial charge in [0.25, 0.3) is 0 Å². The van der Waals surface area contributed by atoms with Gasteiger partial charge < -0.3 is 16.0 Å². The van der Waals surface area contributed by atoms with E-state index in [0.29, 0.717) is 11.4 Å². The van der Waals surface area contributed by atoms with E-state index in [1.54, 1.807) is 6.07 Å². The topological polar surface area (TPSA) is 41.3 Å². The molecule has 86 valence electrons. The molecule has 0 radical (unpaired) electrons. The maximum Gasteiger partial charge on any atom is 0.125 e. The average Bonchev–Trinajstić information content (AvgIpc) is 2.75. The van der Waals surface area contributed by atoms with E-state index in [1.165, 1.54) is 25.0 Å². The minimum Gasteiger partial charge on any atom is -0.397 e. The minimum absolute atomic E-state index is 0.324. The first-order chi connectivity index (χ1) is 7.66. The van der Waals surface area contributed by atoms with Gasteiger partial charge in [0.15, 0.2) is 0 Å². The largest absolute Gasteiger partial charge is 0.397 e. The summed E-state index contributed by atoms with van der Waals surface area (Å²) >= 11 is 0. The van der Waals surface area contributed by atoms with Crippen molar-refractivity contribution >= 4 is 11.4 Å². The number of benzene rings is 1. The van der Waals surface area contributed by atoms with E-state index >= 15 is 0 Å². The Morgan fingerprint density at radius 2 is 2.06 bits per heavy atom. The lowest BCUT2D eigenvalue weighted by Gasteiger charge is -2.22. The Balaban J connectivity index is 2.05. The molecule has 1 aromatic carbocycles. The van der Waals surface area contributed by atoms with Crippen molar-refractivity contribution in [3.05, 3.63) is 36.4 Å². The van der Waals surface area contributed by atoms with Crippen molar-refractivity contribution in [2.45, 2.75) is 12.8 Å². The number of anilines is 2. The highest BCUT2D eigenvalue weighted by molar-refractivity contribution is 5.67. The highest BCUT2D eigenvalue weighted by Crippen LogP contribution is 2.22. The van der Waals surface area contributed by atoms with Gasteiger partial charge in [-0.1, -0.05) is 6.58 Å². The minimum atomic E-state index is -0.324. The summed E-state index contributed by atoms with van der Waals surface area (Å²) in [5.74, 6) is 0.505. The van der Waals surface area contributed by atoms with E-state index in [2.05, 4.69) is 16.8 Å². The Morgan fingerprint density at radius 3 is 2.69 bits per heavy atom. The molecule has 0 aromatic heterocycles. The molecular formula is C12H16FN3. The number of hydrogen-bond donors (Lipinski definition) is 2. The van der Waals surface area contributed by atoms with E-state index in [1.807, 2.05) is 0 Å². The Kier molecular flexibility index (Phi) is 2.99. The number of nitrogens with zero attached hydrogens (tertiary/aromatic N) is 1. The second kappa shape index (κ2) is 4.43. The summed E-state index contributed by atoms with van der Waals surface area (Å²) in [6.45, 7) is 6.00. The van der Waals surface area contributed by atoms with Gasteiger partial charge in [0, 0.05) is 13.1 Å². The maximum atomic E-state index is 12.8. The highest BCUT2D eigenvalue weighted by atomic mass is 19.1. The van der Waals surface area contributed by atoms with Crippen molar-refractivity contribution in [1.82, 2.24) is 4.90 Å². The van der Waals surface area contributed by atoms with Crippen molar-refractivity contribution in [2.24, 2.45) is 0 Å². The first-order valence-corrected chi connectivity index (χ1v) is 5.43. The Bertz CT molecular complexity index is 397. The fourth-order valence-electron chi connectivity index (χ4n) is 1.87. The summed E-state index contributed by atoms with van der Waals surface area (Å²) < 4.78 is 12.8. The number of rotatable bonds is 3. The van der Waals surface area contributed by atoms with E-state index in [9.17, 15) is 4.39 Å². The number of halogens is 1. The molecule has 0 spiro atoms. The van der Waals surface area contributed by atoms with Gasteiger partial charge in [0.1, 0.15) is 5.82 Å². The summed E-state index contributed by atoms with van der Waals surface area (Å²) in [5, 5.41) is 3.12. The zero-order valence-electron chi connectivity index (χ0n) is 9.17. The van der Waals surface area contributed by atoms with Crippen LogP contribution in [0.25, 0.3) is 0 Å². The maximum absolute atomic E-state index is 12.8. The predicted octanol–water partition coefficient (Wildman–Crippen LogP) is 2.39. The normalized spacial score (nSPS) is 15.2. The number of likely N-dealkylation sites (tertiary alicyclic amines) is 1. The molecule has 0 atom stereocenters. The fourth-order valence-corrected chi connectivity index (χ4v) is 1.87. The molecule has 0 unspecified atom stereocenters. The van der Waals surface area contributed by atoms with Crippen LogP contribution >= 0.6 is 0 Å². The van der Waals surface area contributed by atoms with Gasteiger partial charge in [0.05, 0.1) is 17.2 Å². The molecule has 0 amide bonds. The lowest BCUT2D eigenvalue weighted by atomic mass is 10.2. The Labute approximate surface area is 94.7 Å². The molecule has 4 heteroatoms. The van der Waals surface area contributed by atoms with Crippen LogP contribution in [0.3, 0.4) is 0 Å². The molecule has 0 saturated carbocycles. The molecule has 1 fully saturated rings. The third-order valence-electron chi connectivity index (χ3n) is 2.78. The summed E-state index contributed by atoms with van der Waals surface area (Å²) in [6, 6.07) is 4.32. The number of nitrogens with one attached hydrogen (secondary N) is 1. The highest BCUT2D eigenvalue weighted by Gasteiger charge is 2.13. The van der Waals surface area contributed by atoms with E-state index < -0.39 is 0 Å². The monoisotopic (exact) mass is 221 g/mol. The summed E-state index contributed by atoms with van der Waals surface area (Å²) in [7, 11) is 0. The summed E-state index contributed by atoms with van der Waals surface area (Å²) in [4.78, 5) is 2.17. The van der Waals surface area contributed by atoms with Crippen molar-refractivity contribution in [3.63, 3.8) is 0 Å². The molecule has 3 nitrogen and oxygen atoms in total. The van der Waals surface area contributed by atoms with Crippen molar-refractivity contribution in [3.8, 4) is 0 Å². The second-order valence-electron chi connectivity index (χ2n) is 4.00. The van der Waals surface area contributed by atoms with Gasteiger partial charge in [-0.3, -0.25) is 0 Å². The molecular weight excluding hydrogens is 205 g/mol. The predicted molar refractivity (Wildman–Crippen MR) is 64.4 cm³/mol.